The molecule has 20 heavy (non-hydrogen) atoms. The Bertz CT molecular complexity index is 442. The van der Waals surface area contributed by atoms with Crippen molar-refractivity contribution in [2.75, 3.05) is 26.8 Å². The number of esters is 1. The number of hydrogen-bond acceptors (Lipinski definition) is 4. The Balaban J connectivity index is 2.53. The lowest BCUT2D eigenvalue weighted by Gasteiger charge is -2.16. The summed E-state index contributed by atoms with van der Waals surface area (Å²) in [5, 5.41) is 0. The minimum absolute atomic E-state index is 0.127. The lowest BCUT2D eigenvalue weighted by atomic mass is 10.2. The normalized spacial score (nSPS) is 9.95. The molecule has 1 amide bonds. The first kappa shape index (κ1) is 16.0. The van der Waals surface area contributed by atoms with Gasteiger partial charge in [-0.1, -0.05) is 0 Å². The van der Waals surface area contributed by atoms with Crippen molar-refractivity contribution in [1.82, 2.24) is 4.90 Å². The van der Waals surface area contributed by atoms with Crippen LogP contribution in [0.25, 0.3) is 0 Å². The van der Waals surface area contributed by atoms with E-state index in [1.807, 2.05) is 6.92 Å². The Morgan fingerprint density at radius 3 is 2.30 bits per heavy atom. The second-order valence-electron chi connectivity index (χ2n) is 4.24. The van der Waals surface area contributed by atoms with Crippen LogP contribution in [0, 0.1) is 0 Å². The van der Waals surface area contributed by atoms with E-state index in [0.717, 1.165) is 5.75 Å². The number of nitrogens with zero attached hydrogens (tertiary/aromatic N) is 1. The lowest BCUT2D eigenvalue weighted by molar-refractivity contribution is -0.143. The molecule has 5 nitrogen and oxygen atoms in total. The van der Waals surface area contributed by atoms with Crippen LogP contribution >= 0.6 is 0 Å². The first-order valence-electron chi connectivity index (χ1n) is 6.72. The molecule has 1 aromatic rings. The third-order valence-corrected chi connectivity index (χ3v) is 2.72. The minimum atomic E-state index is -0.293. The van der Waals surface area contributed by atoms with E-state index in [4.69, 9.17) is 9.47 Å². The summed E-state index contributed by atoms with van der Waals surface area (Å²) in [5.74, 6) is 0.314. The van der Waals surface area contributed by atoms with E-state index in [-0.39, 0.29) is 18.3 Å². The van der Waals surface area contributed by atoms with E-state index in [1.54, 1.807) is 38.2 Å². The lowest BCUT2D eigenvalue weighted by Crippen LogP contribution is -2.29. The highest BCUT2D eigenvalue weighted by atomic mass is 16.5. The van der Waals surface area contributed by atoms with Crippen LogP contribution in [0.2, 0.25) is 0 Å². The maximum Gasteiger partial charge on any atom is 0.307 e. The van der Waals surface area contributed by atoms with Crippen LogP contribution in [-0.2, 0) is 9.53 Å². The van der Waals surface area contributed by atoms with Crippen molar-refractivity contribution in [3.05, 3.63) is 29.8 Å². The number of amides is 1. The second-order valence-corrected chi connectivity index (χ2v) is 4.24. The Hall–Kier alpha value is -2.04. The summed E-state index contributed by atoms with van der Waals surface area (Å²) in [6, 6.07) is 6.95. The van der Waals surface area contributed by atoms with E-state index in [1.165, 1.54) is 4.90 Å². The number of benzene rings is 1. The van der Waals surface area contributed by atoms with Crippen LogP contribution < -0.4 is 4.74 Å². The maximum atomic E-state index is 12.1. The topological polar surface area (TPSA) is 55.8 Å². The summed E-state index contributed by atoms with van der Waals surface area (Å²) in [4.78, 5) is 24.9. The van der Waals surface area contributed by atoms with Crippen LogP contribution in [0.4, 0.5) is 0 Å². The Kier molecular flexibility index (Phi) is 6.56. The number of hydrogen-bond donors (Lipinski definition) is 0. The van der Waals surface area contributed by atoms with E-state index >= 15 is 0 Å². The van der Waals surface area contributed by atoms with Crippen molar-refractivity contribution >= 4 is 11.9 Å². The molecular formula is C15H21NO4. The third kappa shape index (κ3) is 4.91. The average Bonchev–Trinajstić information content (AvgIpc) is 2.45. The summed E-state index contributed by atoms with van der Waals surface area (Å²) in [7, 11) is 1.66. The van der Waals surface area contributed by atoms with Gasteiger partial charge >= 0.3 is 5.97 Å². The first-order valence-corrected chi connectivity index (χ1v) is 6.72. The number of rotatable bonds is 7. The zero-order valence-electron chi connectivity index (χ0n) is 12.2. The highest BCUT2D eigenvalue weighted by Gasteiger charge is 2.13. The smallest absolute Gasteiger partial charge is 0.307 e. The molecule has 0 heterocycles. The Labute approximate surface area is 119 Å². The molecule has 5 heteroatoms. The molecular weight excluding hydrogens is 258 g/mol. The molecule has 1 rings (SSSR count). The predicted molar refractivity (Wildman–Crippen MR) is 75.8 cm³/mol. The van der Waals surface area contributed by atoms with Gasteiger partial charge in [-0.15, -0.1) is 0 Å². The van der Waals surface area contributed by atoms with Crippen LogP contribution in [0.3, 0.4) is 0 Å². The van der Waals surface area contributed by atoms with Crippen molar-refractivity contribution in [2.45, 2.75) is 20.3 Å². The Morgan fingerprint density at radius 1 is 1.10 bits per heavy atom. The zero-order chi connectivity index (χ0) is 15.0. The third-order valence-electron chi connectivity index (χ3n) is 2.72. The fourth-order valence-corrected chi connectivity index (χ4v) is 1.67. The van der Waals surface area contributed by atoms with Gasteiger partial charge in [0, 0.05) is 19.2 Å². The molecule has 0 bridgehead atoms. The van der Waals surface area contributed by atoms with Crippen molar-refractivity contribution in [2.24, 2.45) is 0 Å². The predicted octanol–water partition coefficient (Wildman–Crippen LogP) is 2.11. The van der Waals surface area contributed by atoms with Gasteiger partial charge in [-0.25, -0.2) is 0 Å². The molecule has 0 spiro atoms. The molecule has 1 aromatic carbocycles. The highest BCUT2D eigenvalue weighted by molar-refractivity contribution is 5.94. The number of ether oxygens (including phenoxy) is 2. The van der Waals surface area contributed by atoms with E-state index in [0.29, 0.717) is 25.3 Å². The monoisotopic (exact) mass is 279 g/mol. The van der Waals surface area contributed by atoms with E-state index < -0.39 is 0 Å². The molecule has 0 aliphatic carbocycles. The zero-order valence-corrected chi connectivity index (χ0v) is 12.2. The van der Waals surface area contributed by atoms with Gasteiger partial charge in [-0.2, -0.15) is 0 Å². The van der Waals surface area contributed by atoms with Crippen molar-refractivity contribution < 1.29 is 19.1 Å². The number of carbonyl (C=O) groups is 2. The van der Waals surface area contributed by atoms with E-state index in [2.05, 4.69) is 0 Å². The second kappa shape index (κ2) is 8.19. The molecule has 0 aliphatic rings. The van der Waals surface area contributed by atoms with Gasteiger partial charge in [-0.3, -0.25) is 9.59 Å². The standard InChI is InChI=1S/C15H21NO4/c1-4-19-13-8-6-12(7-9-13)15(18)16(3)11-10-14(17)20-5-2/h6-9H,4-5,10-11H2,1-3H3. The quantitative estimate of drug-likeness (QED) is 0.717. The minimum Gasteiger partial charge on any atom is -0.494 e. The Morgan fingerprint density at radius 2 is 1.75 bits per heavy atom. The van der Waals surface area contributed by atoms with Gasteiger partial charge in [0.1, 0.15) is 5.75 Å². The number of carbonyl (C=O) groups excluding carboxylic acids is 2. The van der Waals surface area contributed by atoms with Crippen molar-refractivity contribution in [3.8, 4) is 5.75 Å². The highest BCUT2D eigenvalue weighted by Crippen LogP contribution is 2.13. The average molecular weight is 279 g/mol. The summed E-state index contributed by atoms with van der Waals surface area (Å²) in [6.45, 7) is 4.95. The SMILES string of the molecule is CCOC(=O)CCN(C)C(=O)c1ccc(OCC)cc1. The van der Waals surface area contributed by atoms with Gasteiger partial charge < -0.3 is 14.4 Å². The molecule has 0 N–H and O–H groups in total. The largest absolute Gasteiger partial charge is 0.494 e. The van der Waals surface area contributed by atoms with Crippen LogP contribution in [0.5, 0.6) is 5.75 Å². The van der Waals surface area contributed by atoms with Gasteiger partial charge in [0.05, 0.1) is 19.6 Å². The fraction of sp³-hybridized carbons (Fsp3) is 0.467. The molecule has 0 saturated carbocycles. The van der Waals surface area contributed by atoms with Gasteiger partial charge in [0.15, 0.2) is 0 Å². The molecule has 0 aliphatic heterocycles. The molecule has 0 saturated heterocycles. The summed E-state index contributed by atoms with van der Waals surface area (Å²) >= 11 is 0. The summed E-state index contributed by atoms with van der Waals surface area (Å²) in [5.41, 5.74) is 0.569. The van der Waals surface area contributed by atoms with Crippen LogP contribution in [0.15, 0.2) is 24.3 Å². The van der Waals surface area contributed by atoms with E-state index in [9.17, 15) is 9.59 Å². The van der Waals surface area contributed by atoms with Gasteiger partial charge in [0.25, 0.3) is 5.91 Å². The molecule has 0 fully saturated rings. The first-order chi connectivity index (χ1) is 9.58. The molecule has 110 valence electrons. The maximum absolute atomic E-state index is 12.1. The van der Waals surface area contributed by atoms with Crippen LogP contribution in [-0.4, -0.2) is 43.6 Å². The van der Waals surface area contributed by atoms with Gasteiger partial charge in [0.2, 0.25) is 0 Å². The van der Waals surface area contributed by atoms with Crippen molar-refractivity contribution in [3.63, 3.8) is 0 Å². The van der Waals surface area contributed by atoms with Crippen molar-refractivity contribution in [1.29, 1.82) is 0 Å². The molecule has 0 atom stereocenters. The van der Waals surface area contributed by atoms with Crippen LogP contribution in [0.1, 0.15) is 30.6 Å². The fourth-order valence-electron chi connectivity index (χ4n) is 1.67. The molecule has 0 aromatic heterocycles. The molecule has 0 radical (unpaired) electrons. The summed E-state index contributed by atoms with van der Waals surface area (Å²) < 4.78 is 10.1. The summed E-state index contributed by atoms with van der Waals surface area (Å²) in [6.07, 6.45) is 0.201. The molecule has 0 unspecified atom stereocenters. The van der Waals surface area contributed by atoms with Gasteiger partial charge in [-0.05, 0) is 38.1 Å².